The first-order valence-corrected chi connectivity index (χ1v) is 11.9. The van der Waals surface area contributed by atoms with Gasteiger partial charge in [0.2, 0.25) is 0 Å². The number of methoxy groups -OCH3 is 1. The summed E-state index contributed by atoms with van der Waals surface area (Å²) in [5.74, 6) is 0.247. The zero-order chi connectivity index (χ0) is 25.7. The van der Waals surface area contributed by atoms with E-state index in [0.717, 1.165) is 33.5 Å². The van der Waals surface area contributed by atoms with Crippen molar-refractivity contribution in [1.29, 1.82) is 0 Å². The largest absolute Gasteiger partial charge is 0.418 e. The van der Waals surface area contributed by atoms with Gasteiger partial charge in [-0.15, -0.1) is 0 Å². The number of thiazole rings is 1. The predicted octanol–water partition coefficient (Wildman–Crippen LogP) is 5.51. The number of aromatic nitrogens is 5. The van der Waals surface area contributed by atoms with Gasteiger partial charge in [0, 0.05) is 18.4 Å². The van der Waals surface area contributed by atoms with Crippen LogP contribution in [0.25, 0.3) is 16.0 Å². The van der Waals surface area contributed by atoms with Crippen molar-refractivity contribution < 1.29 is 22.7 Å². The minimum absolute atomic E-state index is 0.0486. The fourth-order valence-corrected chi connectivity index (χ4v) is 5.09. The predicted molar refractivity (Wildman–Crippen MR) is 128 cm³/mol. The maximum atomic E-state index is 13.7. The van der Waals surface area contributed by atoms with E-state index in [-0.39, 0.29) is 17.3 Å². The van der Waals surface area contributed by atoms with Crippen molar-refractivity contribution in [1.82, 2.24) is 25.0 Å². The van der Waals surface area contributed by atoms with Gasteiger partial charge in [-0.3, -0.25) is 0 Å². The van der Waals surface area contributed by atoms with Crippen molar-refractivity contribution in [2.24, 2.45) is 5.92 Å². The lowest BCUT2D eigenvalue weighted by molar-refractivity contribution is -0.137. The number of carbonyl (C=O) groups is 1. The van der Waals surface area contributed by atoms with Crippen LogP contribution in [0, 0.1) is 12.8 Å². The maximum Gasteiger partial charge on any atom is 0.418 e. The first-order valence-electron chi connectivity index (χ1n) is 11.1. The summed E-state index contributed by atoms with van der Waals surface area (Å²) >= 11 is 1.43. The quantitative estimate of drug-likeness (QED) is 0.349. The SMILES string of the molecule is COC(C)(c1c(NC(=O)Nc2ccc(-n3nccn3)c(C(F)(F)F)c2)cnc2sc(C)nc12)C1CC1. The van der Waals surface area contributed by atoms with Gasteiger partial charge in [-0.05, 0) is 50.8 Å². The molecule has 0 spiro atoms. The second-order valence-corrected chi connectivity index (χ2v) is 9.83. The molecule has 3 aromatic heterocycles. The van der Waals surface area contributed by atoms with Crippen molar-refractivity contribution in [2.75, 3.05) is 17.7 Å². The Bertz CT molecular complexity index is 1430. The molecule has 0 radical (unpaired) electrons. The molecule has 1 atom stereocenters. The van der Waals surface area contributed by atoms with Gasteiger partial charge in [0.15, 0.2) is 0 Å². The van der Waals surface area contributed by atoms with Crippen LogP contribution in [0.3, 0.4) is 0 Å². The van der Waals surface area contributed by atoms with Crippen LogP contribution in [0.15, 0.2) is 36.8 Å². The van der Waals surface area contributed by atoms with Crippen LogP contribution in [-0.4, -0.2) is 38.1 Å². The summed E-state index contributed by atoms with van der Waals surface area (Å²) in [5.41, 5.74) is -0.280. The Balaban J connectivity index is 1.47. The molecule has 4 aromatic rings. The summed E-state index contributed by atoms with van der Waals surface area (Å²) in [7, 11) is 1.61. The summed E-state index contributed by atoms with van der Waals surface area (Å²) in [4.78, 5) is 23.6. The van der Waals surface area contributed by atoms with Crippen molar-refractivity contribution in [3.05, 3.63) is 52.9 Å². The minimum atomic E-state index is -4.69. The van der Waals surface area contributed by atoms with Crippen LogP contribution in [0.4, 0.5) is 29.3 Å². The number of hydrogen-bond donors (Lipinski definition) is 2. The first-order chi connectivity index (χ1) is 17.1. The molecule has 1 aliphatic rings. The fraction of sp³-hybridized carbons (Fsp3) is 0.348. The van der Waals surface area contributed by atoms with Crippen LogP contribution in [0.2, 0.25) is 0 Å². The molecule has 1 saturated carbocycles. The van der Waals surface area contributed by atoms with E-state index >= 15 is 0 Å². The highest BCUT2D eigenvalue weighted by Gasteiger charge is 2.46. The van der Waals surface area contributed by atoms with Crippen molar-refractivity contribution in [3.63, 3.8) is 0 Å². The topological polar surface area (TPSA) is 107 Å². The number of urea groups is 1. The highest BCUT2D eigenvalue weighted by atomic mass is 32.1. The standard InChI is InChI=1S/C23H22F3N7O2S/c1-12-30-19-18(22(2,35-3)13-4-5-13)16(11-27-20(19)36-12)32-21(34)31-14-6-7-17(33-28-8-9-29-33)15(10-14)23(24,25)26/h6-11,13H,4-5H2,1-3H3,(H2,31,32,34). The Hall–Kier alpha value is -3.58. The molecule has 2 N–H and O–H groups in total. The fourth-order valence-electron chi connectivity index (χ4n) is 4.33. The molecule has 1 aliphatic carbocycles. The van der Waals surface area contributed by atoms with E-state index in [2.05, 4.69) is 30.8 Å². The van der Waals surface area contributed by atoms with Crippen molar-refractivity contribution in [3.8, 4) is 5.69 Å². The Morgan fingerprint density at radius 1 is 1.19 bits per heavy atom. The number of hydrogen-bond acceptors (Lipinski definition) is 7. The van der Waals surface area contributed by atoms with Gasteiger partial charge in [0.1, 0.15) is 10.3 Å². The molecule has 0 saturated heterocycles. The molecule has 9 nitrogen and oxygen atoms in total. The summed E-state index contributed by atoms with van der Waals surface area (Å²) in [6, 6.07) is 2.67. The van der Waals surface area contributed by atoms with Crippen LogP contribution in [0.1, 0.15) is 35.9 Å². The van der Waals surface area contributed by atoms with Gasteiger partial charge >= 0.3 is 12.2 Å². The number of alkyl halides is 3. The average Bonchev–Trinajstić information content (AvgIpc) is 3.41. The number of rotatable bonds is 6. The third-order valence-electron chi connectivity index (χ3n) is 6.25. The van der Waals surface area contributed by atoms with Crippen molar-refractivity contribution in [2.45, 2.75) is 38.5 Å². The first kappa shape index (κ1) is 24.1. The third kappa shape index (κ3) is 4.39. The normalized spacial score (nSPS) is 15.6. The number of anilines is 2. The zero-order valence-electron chi connectivity index (χ0n) is 19.6. The minimum Gasteiger partial charge on any atom is -0.373 e. The molecule has 1 fully saturated rings. The summed E-state index contributed by atoms with van der Waals surface area (Å²) < 4.78 is 47.1. The van der Waals surface area contributed by atoms with E-state index in [4.69, 9.17) is 4.74 Å². The number of carbonyl (C=O) groups excluding carboxylic acids is 1. The molecule has 2 amide bonds. The molecule has 188 valence electrons. The van der Waals surface area contributed by atoms with Gasteiger partial charge in [-0.25, -0.2) is 14.8 Å². The number of benzene rings is 1. The molecule has 0 aliphatic heterocycles. The Morgan fingerprint density at radius 2 is 1.92 bits per heavy atom. The van der Waals surface area contributed by atoms with Gasteiger partial charge in [-0.2, -0.15) is 28.2 Å². The monoisotopic (exact) mass is 517 g/mol. The van der Waals surface area contributed by atoms with Crippen LogP contribution in [-0.2, 0) is 16.5 Å². The Morgan fingerprint density at radius 3 is 2.56 bits per heavy atom. The molecule has 3 heterocycles. The van der Waals surface area contributed by atoms with E-state index in [1.54, 1.807) is 7.11 Å². The van der Waals surface area contributed by atoms with Crippen molar-refractivity contribution >= 4 is 39.1 Å². The maximum absolute atomic E-state index is 13.7. The molecular weight excluding hydrogens is 495 g/mol. The zero-order valence-corrected chi connectivity index (χ0v) is 20.4. The number of ether oxygens (including phenoxy) is 1. The van der Waals surface area contributed by atoms with Gasteiger partial charge in [0.05, 0.1) is 46.1 Å². The number of halogens is 3. The van der Waals surface area contributed by atoms with E-state index < -0.39 is 23.4 Å². The highest BCUT2D eigenvalue weighted by molar-refractivity contribution is 7.18. The van der Waals surface area contributed by atoms with E-state index in [0.29, 0.717) is 16.8 Å². The molecule has 13 heteroatoms. The molecule has 5 rings (SSSR count). The van der Waals surface area contributed by atoms with Crippen LogP contribution >= 0.6 is 11.3 Å². The summed E-state index contributed by atoms with van der Waals surface area (Å²) in [5, 5.41) is 13.6. The lowest BCUT2D eigenvalue weighted by atomic mass is 9.89. The number of nitrogens with one attached hydrogen (secondary N) is 2. The molecular formula is C23H22F3N7O2S. The molecule has 1 unspecified atom stereocenters. The lowest BCUT2D eigenvalue weighted by Crippen LogP contribution is -2.30. The number of amides is 2. The van der Waals surface area contributed by atoms with E-state index in [9.17, 15) is 18.0 Å². The molecule has 0 bridgehead atoms. The average molecular weight is 518 g/mol. The number of fused-ring (bicyclic) bond motifs is 1. The Kier molecular flexibility index (Phi) is 5.91. The second-order valence-electron chi connectivity index (χ2n) is 8.65. The molecule has 36 heavy (non-hydrogen) atoms. The second kappa shape index (κ2) is 8.82. The smallest absolute Gasteiger partial charge is 0.373 e. The van der Waals surface area contributed by atoms with E-state index in [1.165, 1.54) is 42.1 Å². The number of aryl methyl sites for hydroxylation is 1. The lowest BCUT2D eigenvalue weighted by Gasteiger charge is -2.31. The van der Waals surface area contributed by atoms with Gasteiger partial charge in [-0.1, -0.05) is 11.3 Å². The Labute approximate surface area is 207 Å². The summed E-state index contributed by atoms with van der Waals surface area (Å²) in [6.45, 7) is 3.83. The molecule has 1 aromatic carbocycles. The summed E-state index contributed by atoms with van der Waals surface area (Å²) in [6.07, 6.45) is 1.35. The van der Waals surface area contributed by atoms with E-state index in [1.807, 2.05) is 13.8 Å². The van der Waals surface area contributed by atoms with Gasteiger partial charge < -0.3 is 15.4 Å². The van der Waals surface area contributed by atoms with Gasteiger partial charge in [0.25, 0.3) is 0 Å². The highest BCUT2D eigenvalue weighted by Crippen LogP contribution is 2.51. The third-order valence-corrected chi connectivity index (χ3v) is 7.13. The van der Waals surface area contributed by atoms with Crippen LogP contribution < -0.4 is 10.6 Å². The van der Waals surface area contributed by atoms with Crippen LogP contribution in [0.5, 0.6) is 0 Å². The number of nitrogens with zero attached hydrogens (tertiary/aromatic N) is 5. The number of pyridine rings is 1.